The minimum absolute atomic E-state index is 0.322. The molecular weight excluding hydrogens is 425 g/mol. The molecule has 0 unspecified atom stereocenters. The summed E-state index contributed by atoms with van der Waals surface area (Å²) in [5.41, 5.74) is 1.95. The Hall–Kier alpha value is -1.20. The van der Waals surface area contributed by atoms with Gasteiger partial charge in [-0.3, -0.25) is 0 Å². The zero-order chi connectivity index (χ0) is 18.2. The molecule has 0 bridgehead atoms. The van der Waals surface area contributed by atoms with Gasteiger partial charge in [0.15, 0.2) is 11.5 Å². The molecule has 0 aromatic heterocycles. The van der Waals surface area contributed by atoms with Crippen LogP contribution in [0.2, 0.25) is 10.0 Å². The minimum atomic E-state index is 0.322. The highest BCUT2D eigenvalue weighted by atomic mass is 79.9. The second-order valence-electron chi connectivity index (χ2n) is 5.28. The molecule has 0 aliphatic carbocycles. The maximum Gasteiger partial charge on any atom is 0.175 e. The Balaban J connectivity index is 2.18. The van der Waals surface area contributed by atoms with Gasteiger partial charge in [0.1, 0.15) is 6.61 Å². The fourth-order valence-electron chi connectivity index (χ4n) is 2.23. The van der Waals surface area contributed by atoms with Gasteiger partial charge in [0.25, 0.3) is 0 Å². The molecular formula is C19H20BrCl2NO2. The summed E-state index contributed by atoms with van der Waals surface area (Å²) in [5.74, 6) is 1.35. The topological polar surface area (TPSA) is 30.5 Å². The molecule has 3 nitrogen and oxygen atoms in total. The van der Waals surface area contributed by atoms with E-state index in [9.17, 15) is 0 Å². The molecule has 2 rings (SSSR count). The first-order chi connectivity index (χ1) is 12.0. The van der Waals surface area contributed by atoms with Crippen molar-refractivity contribution in [1.29, 1.82) is 0 Å². The first-order valence-corrected chi connectivity index (χ1v) is 9.43. The maximum atomic E-state index is 6.21. The van der Waals surface area contributed by atoms with Crippen LogP contribution in [0.5, 0.6) is 11.5 Å². The molecule has 134 valence electrons. The van der Waals surface area contributed by atoms with E-state index in [1.807, 2.05) is 31.2 Å². The van der Waals surface area contributed by atoms with Gasteiger partial charge in [0.05, 0.1) is 11.1 Å². The van der Waals surface area contributed by atoms with Crippen molar-refractivity contribution >= 4 is 39.1 Å². The number of nitrogens with one attached hydrogen (secondary N) is 1. The van der Waals surface area contributed by atoms with E-state index in [4.69, 9.17) is 32.7 Å². The number of halogens is 3. The second kappa shape index (κ2) is 10.1. The van der Waals surface area contributed by atoms with Gasteiger partial charge in [-0.2, -0.15) is 0 Å². The van der Waals surface area contributed by atoms with Crippen molar-refractivity contribution in [2.24, 2.45) is 0 Å². The van der Waals surface area contributed by atoms with Crippen molar-refractivity contribution < 1.29 is 9.47 Å². The normalized spacial score (nSPS) is 10.6. The highest BCUT2D eigenvalue weighted by molar-refractivity contribution is 9.10. The fourth-order valence-corrected chi connectivity index (χ4v) is 3.30. The Morgan fingerprint density at radius 1 is 1.20 bits per heavy atom. The van der Waals surface area contributed by atoms with E-state index < -0.39 is 0 Å². The third-order valence-electron chi connectivity index (χ3n) is 3.37. The van der Waals surface area contributed by atoms with E-state index in [2.05, 4.69) is 27.8 Å². The first-order valence-electron chi connectivity index (χ1n) is 7.88. The third kappa shape index (κ3) is 5.93. The van der Waals surface area contributed by atoms with E-state index in [0.29, 0.717) is 41.3 Å². The van der Waals surface area contributed by atoms with Gasteiger partial charge in [-0.25, -0.2) is 0 Å². The molecule has 2 aromatic carbocycles. The quantitative estimate of drug-likeness (QED) is 0.379. The average molecular weight is 445 g/mol. The van der Waals surface area contributed by atoms with Gasteiger partial charge < -0.3 is 14.8 Å². The second-order valence-corrected chi connectivity index (χ2v) is 6.98. The molecule has 0 heterocycles. The van der Waals surface area contributed by atoms with Crippen LogP contribution in [0.15, 0.2) is 47.5 Å². The molecule has 0 saturated heterocycles. The largest absolute Gasteiger partial charge is 0.490 e. The van der Waals surface area contributed by atoms with Crippen molar-refractivity contribution in [3.05, 3.63) is 68.6 Å². The van der Waals surface area contributed by atoms with Crippen LogP contribution in [0, 0.1) is 0 Å². The number of rotatable bonds is 9. The Morgan fingerprint density at radius 3 is 2.68 bits per heavy atom. The standard InChI is InChI=1S/C19H20BrCl2NO2/c1-3-7-23-11-13-8-16(20)19(18(9-13)24-4-2)25-12-14-5-6-15(21)10-17(14)22/h3,5-6,8-10,23H,1,4,7,11-12H2,2H3. The molecule has 0 radical (unpaired) electrons. The average Bonchev–Trinajstić information content (AvgIpc) is 2.56. The van der Waals surface area contributed by atoms with Crippen LogP contribution < -0.4 is 14.8 Å². The minimum Gasteiger partial charge on any atom is -0.490 e. The molecule has 0 amide bonds. The van der Waals surface area contributed by atoms with Gasteiger partial charge >= 0.3 is 0 Å². The Labute approximate surface area is 167 Å². The smallest absolute Gasteiger partial charge is 0.175 e. The third-order valence-corrected chi connectivity index (χ3v) is 4.55. The van der Waals surface area contributed by atoms with E-state index in [-0.39, 0.29) is 0 Å². The van der Waals surface area contributed by atoms with Gasteiger partial charge in [0, 0.05) is 28.7 Å². The van der Waals surface area contributed by atoms with Crippen LogP contribution in [0.25, 0.3) is 0 Å². The zero-order valence-corrected chi connectivity index (χ0v) is 17.0. The molecule has 0 fully saturated rings. The van der Waals surface area contributed by atoms with Crippen molar-refractivity contribution in [2.75, 3.05) is 13.2 Å². The van der Waals surface area contributed by atoms with Crippen LogP contribution in [-0.2, 0) is 13.2 Å². The summed E-state index contributed by atoms with van der Waals surface area (Å²) in [6.45, 7) is 7.97. The SMILES string of the molecule is C=CCNCc1cc(Br)c(OCc2ccc(Cl)cc2Cl)c(OCC)c1. The van der Waals surface area contributed by atoms with Gasteiger partial charge in [0.2, 0.25) is 0 Å². The van der Waals surface area contributed by atoms with Gasteiger partial charge in [-0.1, -0.05) is 35.3 Å². The maximum absolute atomic E-state index is 6.21. The summed E-state index contributed by atoms with van der Waals surface area (Å²) in [6, 6.07) is 9.33. The molecule has 25 heavy (non-hydrogen) atoms. The monoisotopic (exact) mass is 443 g/mol. The number of benzene rings is 2. The highest BCUT2D eigenvalue weighted by Gasteiger charge is 2.13. The molecule has 0 atom stereocenters. The van der Waals surface area contributed by atoms with Crippen molar-refractivity contribution in [3.63, 3.8) is 0 Å². The van der Waals surface area contributed by atoms with E-state index in [1.165, 1.54) is 0 Å². The lowest BCUT2D eigenvalue weighted by Crippen LogP contribution is -2.13. The lowest BCUT2D eigenvalue weighted by Gasteiger charge is -2.16. The van der Waals surface area contributed by atoms with Crippen molar-refractivity contribution in [2.45, 2.75) is 20.1 Å². The van der Waals surface area contributed by atoms with Crippen molar-refractivity contribution in [1.82, 2.24) is 5.32 Å². The number of hydrogen-bond acceptors (Lipinski definition) is 3. The summed E-state index contributed by atoms with van der Waals surface area (Å²) < 4.78 is 12.5. The van der Waals surface area contributed by atoms with Crippen LogP contribution in [0.1, 0.15) is 18.1 Å². The predicted molar refractivity (Wildman–Crippen MR) is 108 cm³/mol. The van der Waals surface area contributed by atoms with E-state index >= 15 is 0 Å². The predicted octanol–water partition coefficient (Wildman–Crippen LogP) is 6.01. The van der Waals surface area contributed by atoms with E-state index in [0.717, 1.165) is 22.1 Å². The van der Waals surface area contributed by atoms with Crippen LogP contribution >= 0.6 is 39.1 Å². The zero-order valence-electron chi connectivity index (χ0n) is 14.0. The first kappa shape index (κ1) is 20.1. The lowest BCUT2D eigenvalue weighted by atomic mass is 10.2. The van der Waals surface area contributed by atoms with Crippen molar-refractivity contribution in [3.8, 4) is 11.5 Å². The summed E-state index contributed by atoms with van der Waals surface area (Å²) in [7, 11) is 0. The summed E-state index contributed by atoms with van der Waals surface area (Å²) >= 11 is 15.7. The number of ether oxygens (including phenoxy) is 2. The molecule has 2 aromatic rings. The molecule has 0 spiro atoms. The highest BCUT2D eigenvalue weighted by Crippen LogP contribution is 2.38. The van der Waals surface area contributed by atoms with E-state index in [1.54, 1.807) is 12.1 Å². The van der Waals surface area contributed by atoms with Gasteiger partial charge in [-0.15, -0.1) is 6.58 Å². The lowest BCUT2D eigenvalue weighted by molar-refractivity contribution is 0.267. The van der Waals surface area contributed by atoms with Crippen LogP contribution in [-0.4, -0.2) is 13.2 Å². The van der Waals surface area contributed by atoms with Crippen LogP contribution in [0.4, 0.5) is 0 Å². The molecule has 6 heteroatoms. The Kier molecular flexibility index (Phi) is 8.10. The summed E-state index contributed by atoms with van der Waals surface area (Å²) in [5, 5.41) is 4.45. The fraction of sp³-hybridized carbons (Fsp3) is 0.263. The molecule has 0 aliphatic heterocycles. The Morgan fingerprint density at radius 2 is 2.00 bits per heavy atom. The summed E-state index contributed by atoms with van der Waals surface area (Å²) in [6.07, 6.45) is 1.83. The number of hydrogen-bond donors (Lipinski definition) is 1. The Bertz CT molecular complexity index is 738. The molecule has 1 N–H and O–H groups in total. The van der Waals surface area contributed by atoms with Gasteiger partial charge in [-0.05, 0) is 52.7 Å². The molecule has 0 saturated carbocycles. The summed E-state index contributed by atoms with van der Waals surface area (Å²) in [4.78, 5) is 0. The van der Waals surface area contributed by atoms with Crippen LogP contribution in [0.3, 0.4) is 0 Å². The molecule has 0 aliphatic rings.